The smallest absolute Gasteiger partial charge is 0.390 e. The lowest BCUT2D eigenvalue weighted by Crippen LogP contribution is -2.28. The quantitative estimate of drug-likeness (QED) is 0.111. The maximum atomic E-state index is 12.5. The maximum absolute atomic E-state index is 12.5. The van der Waals surface area contributed by atoms with Crippen LogP contribution in [-0.2, 0) is 38.1 Å². The van der Waals surface area contributed by atoms with Gasteiger partial charge in [0.1, 0.15) is 18.1 Å². The summed E-state index contributed by atoms with van der Waals surface area (Å²) in [5.74, 6) is 0.0900. The molecule has 0 spiro atoms. The largest absolute Gasteiger partial charge is 0.490 e. The third kappa shape index (κ3) is 8.57. The first-order valence-corrected chi connectivity index (χ1v) is 14.7. The number of phosphoric ester groups is 1. The van der Waals surface area contributed by atoms with Gasteiger partial charge in [-0.25, -0.2) is 18.5 Å². The highest BCUT2D eigenvalue weighted by Crippen LogP contribution is 2.66. The minimum atomic E-state index is -5.71. The molecule has 2 heterocycles. The molecular formula is C16H21N4O15P3. The average Bonchev–Trinajstić information content (AvgIpc) is 3.14. The summed E-state index contributed by atoms with van der Waals surface area (Å²) in [6.45, 7) is -0.909. The molecule has 5 atom stereocenters. The van der Waals surface area contributed by atoms with Crippen LogP contribution in [0.3, 0.4) is 0 Å². The summed E-state index contributed by atoms with van der Waals surface area (Å²) in [6.07, 6.45) is -2.73. The number of nitro groups is 1. The van der Waals surface area contributed by atoms with Gasteiger partial charge in [0.2, 0.25) is 0 Å². The van der Waals surface area contributed by atoms with Crippen molar-refractivity contribution in [3.05, 3.63) is 62.7 Å². The van der Waals surface area contributed by atoms with E-state index in [2.05, 4.69) is 23.4 Å². The molecule has 0 bridgehead atoms. The molecule has 210 valence electrons. The molecule has 38 heavy (non-hydrogen) atoms. The Morgan fingerprint density at radius 3 is 2.45 bits per heavy atom. The molecule has 3 rings (SSSR count). The van der Waals surface area contributed by atoms with Crippen molar-refractivity contribution in [2.45, 2.75) is 31.4 Å². The molecule has 2 aromatic rings. The zero-order chi connectivity index (χ0) is 28.3. The first kappa shape index (κ1) is 30.2. The SMILES string of the molecule is O=c1nc(NCc2ccccc2[N+](=O)[O-])ccn1[C@H]1C[C@H](O)[C@@H](COP(=O)(O)OP(=O)(O)OP(=O)(O)O)O1. The normalized spacial score (nSPS) is 22.9. The van der Waals surface area contributed by atoms with E-state index < -0.39 is 59.1 Å². The number of phosphoric acid groups is 3. The van der Waals surface area contributed by atoms with E-state index in [0.29, 0.717) is 5.56 Å². The highest BCUT2D eigenvalue weighted by atomic mass is 31.3. The highest BCUT2D eigenvalue weighted by molar-refractivity contribution is 7.66. The fraction of sp³-hybridized carbons (Fsp3) is 0.375. The number of para-hydroxylation sites is 1. The topological polar surface area (TPSA) is 279 Å². The van der Waals surface area contributed by atoms with Gasteiger partial charge in [-0.2, -0.15) is 13.6 Å². The summed E-state index contributed by atoms with van der Waals surface area (Å²) in [5, 5.41) is 24.1. The molecule has 1 fully saturated rings. The standard InChI is InChI=1S/C16H21N4O15P3/c21-12-7-15(33-13(12)9-32-37(28,29)35-38(30,31)34-36(25,26)27)19-6-5-14(18-16(19)22)17-8-10-3-1-2-4-11(10)20(23)24/h1-6,12-13,15,21H,7-9H2,(H,28,29)(H,30,31)(H,17,18,22)(H2,25,26,27)/t12-,13+,15+/m0/s1. The number of benzene rings is 1. The van der Waals surface area contributed by atoms with Crippen LogP contribution < -0.4 is 11.0 Å². The first-order chi connectivity index (χ1) is 17.6. The Bertz CT molecular complexity index is 1380. The number of nitrogens with one attached hydrogen (secondary N) is 1. The Morgan fingerprint density at radius 1 is 1.13 bits per heavy atom. The molecule has 2 unspecified atom stereocenters. The van der Waals surface area contributed by atoms with E-state index in [9.17, 15) is 38.6 Å². The number of anilines is 1. The lowest BCUT2D eigenvalue weighted by molar-refractivity contribution is -0.385. The number of aliphatic hydroxyl groups is 1. The summed E-state index contributed by atoms with van der Waals surface area (Å²) in [4.78, 5) is 62.6. The third-order valence-electron chi connectivity index (χ3n) is 4.81. The van der Waals surface area contributed by atoms with Crippen molar-refractivity contribution < 1.29 is 61.2 Å². The number of aliphatic hydroxyl groups excluding tert-OH is 1. The van der Waals surface area contributed by atoms with E-state index in [1.165, 1.54) is 30.5 Å². The van der Waals surface area contributed by atoms with Crippen molar-refractivity contribution in [1.29, 1.82) is 0 Å². The molecule has 1 aliphatic heterocycles. The van der Waals surface area contributed by atoms with Gasteiger partial charge in [-0.1, -0.05) is 18.2 Å². The summed E-state index contributed by atoms with van der Waals surface area (Å²) >= 11 is 0. The van der Waals surface area contributed by atoms with E-state index in [4.69, 9.17) is 19.4 Å². The van der Waals surface area contributed by atoms with Crippen LogP contribution in [0.2, 0.25) is 0 Å². The number of hydrogen-bond donors (Lipinski definition) is 6. The third-order valence-corrected chi connectivity index (χ3v) is 8.61. The highest BCUT2D eigenvalue weighted by Gasteiger charge is 2.43. The van der Waals surface area contributed by atoms with Crippen LogP contribution in [-0.4, -0.2) is 58.0 Å². The number of nitrogens with zero attached hydrogens (tertiary/aromatic N) is 3. The van der Waals surface area contributed by atoms with Gasteiger partial charge < -0.3 is 34.7 Å². The molecule has 22 heteroatoms. The van der Waals surface area contributed by atoms with E-state index in [1.807, 2.05) is 0 Å². The summed E-state index contributed by atoms with van der Waals surface area (Å²) < 4.78 is 51.9. The molecule has 0 aliphatic carbocycles. The maximum Gasteiger partial charge on any atom is 0.490 e. The van der Waals surface area contributed by atoms with Crippen molar-refractivity contribution in [3.63, 3.8) is 0 Å². The Balaban J connectivity index is 1.59. The van der Waals surface area contributed by atoms with Crippen molar-refractivity contribution in [2.75, 3.05) is 11.9 Å². The second-order valence-corrected chi connectivity index (χ2v) is 12.0. The van der Waals surface area contributed by atoms with Crippen LogP contribution in [0.15, 0.2) is 41.3 Å². The van der Waals surface area contributed by atoms with E-state index in [0.717, 1.165) is 4.57 Å². The number of hydrogen-bond acceptors (Lipinski definition) is 13. The molecule has 1 aliphatic rings. The van der Waals surface area contributed by atoms with Gasteiger partial charge in [0.25, 0.3) is 5.69 Å². The fourth-order valence-corrected chi connectivity index (χ4v) is 6.29. The van der Waals surface area contributed by atoms with Gasteiger partial charge in [0.05, 0.1) is 17.6 Å². The second-order valence-electron chi connectivity index (χ2n) is 7.56. The van der Waals surface area contributed by atoms with Gasteiger partial charge in [-0.3, -0.25) is 19.2 Å². The van der Waals surface area contributed by atoms with Crippen LogP contribution >= 0.6 is 23.5 Å². The van der Waals surface area contributed by atoms with Crippen LogP contribution in [0.1, 0.15) is 18.2 Å². The Kier molecular flexibility index (Phi) is 9.36. The molecule has 1 aromatic carbocycles. The molecule has 0 amide bonds. The molecule has 0 saturated carbocycles. The monoisotopic (exact) mass is 602 g/mol. The summed E-state index contributed by atoms with van der Waals surface area (Å²) in [7, 11) is -16.7. The lowest BCUT2D eigenvalue weighted by atomic mass is 10.2. The van der Waals surface area contributed by atoms with E-state index >= 15 is 0 Å². The molecule has 6 N–H and O–H groups in total. The van der Waals surface area contributed by atoms with Crippen molar-refractivity contribution >= 4 is 35.0 Å². The number of rotatable bonds is 12. The molecular weight excluding hydrogens is 581 g/mol. The first-order valence-electron chi connectivity index (χ1n) is 10.2. The Labute approximate surface area is 212 Å². The number of aromatic nitrogens is 2. The van der Waals surface area contributed by atoms with Crippen LogP contribution in [0.4, 0.5) is 11.5 Å². The Morgan fingerprint density at radius 2 is 1.82 bits per heavy atom. The molecule has 1 aromatic heterocycles. The molecule has 19 nitrogen and oxygen atoms in total. The fourth-order valence-electron chi connectivity index (χ4n) is 3.26. The van der Waals surface area contributed by atoms with Gasteiger partial charge >= 0.3 is 29.2 Å². The minimum Gasteiger partial charge on any atom is -0.390 e. The van der Waals surface area contributed by atoms with E-state index in [1.54, 1.807) is 6.07 Å². The Hall–Kier alpha value is -2.37. The molecule has 0 radical (unpaired) electrons. The van der Waals surface area contributed by atoms with Gasteiger partial charge in [0, 0.05) is 30.8 Å². The lowest BCUT2D eigenvalue weighted by Gasteiger charge is -2.19. The zero-order valence-electron chi connectivity index (χ0n) is 18.8. The van der Waals surface area contributed by atoms with Crippen molar-refractivity contribution in [2.24, 2.45) is 0 Å². The van der Waals surface area contributed by atoms with Crippen LogP contribution in [0.5, 0.6) is 0 Å². The van der Waals surface area contributed by atoms with Gasteiger partial charge in [-0.05, 0) is 6.07 Å². The van der Waals surface area contributed by atoms with Crippen LogP contribution in [0, 0.1) is 10.1 Å². The summed E-state index contributed by atoms with van der Waals surface area (Å²) in [5.41, 5.74) is -0.600. The summed E-state index contributed by atoms with van der Waals surface area (Å²) in [6, 6.07) is 7.34. The number of nitro benzene ring substituents is 1. The van der Waals surface area contributed by atoms with Crippen molar-refractivity contribution in [1.82, 2.24) is 9.55 Å². The predicted octanol–water partition coefficient (Wildman–Crippen LogP) is 0.755. The minimum absolute atomic E-state index is 0.00504. The van der Waals surface area contributed by atoms with Crippen LogP contribution in [0.25, 0.3) is 0 Å². The number of ether oxygens (including phenoxy) is 1. The molecule has 1 saturated heterocycles. The van der Waals surface area contributed by atoms with Gasteiger partial charge in [0.15, 0.2) is 0 Å². The second kappa shape index (κ2) is 11.8. The zero-order valence-corrected chi connectivity index (χ0v) is 21.5. The van der Waals surface area contributed by atoms with Crippen molar-refractivity contribution in [3.8, 4) is 0 Å². The van der Waals surface area contributed by atoms with E-state index in [-0.39, 0.29) is 24.5 Å². The predicted molar refractivity (Wildman–Crippen MR) is 123 cm³/mol. The average molecular weight is 602 g/mol. The van der Waals surface area contributed by atoms with Gasteiger partial charge in [-0.15, -0.1) is 0 Å².